The Morgan fingerprint density at radius 3 is 2.03 bits per heavy atom. The van der Waals surface area contributed by atoms with Crippen molar-refractivity contribution in [2.24, 2.45) is 0 Å². The Labute approximate surface area is 217 Å². The summed E-state index contributed by atoms with van der Waals surface area (Å²) in [5.41, 5.74) is 2.59. The Balaban J connectivity index is 2.01. The smallest absolute Gasteiger partial charge is 0.416 e. The first kappa shape index (κ1) is 26.6. The summed E-state index contributed by atoms with van der Waals surface area (Å²) in [6.07, 6.45) is -5.74. The second kappa shape index (κ2) is 9.80. The highest BCUT2D eigenvalue weighted by atomic mass is 35.5. The van der Waals surface area contributed by atoms with Gasteiger partial charge >= 0.3 is 12.1 Å². The largest absolute Gasteiger partial charge is 0.479 e. The van der Waals surface area contributed by atoms with Gasteiger partial charge in [0.2, 0.25) is 0 Å². The lowest BCUT2D eigenvalue weighted by Gasteiger charge is -2.28. The highest BCUT2D eigenvalue weighted by molar-refractivity contribution is 6.30. The number of halogens is 4. The van der Waals surface area contributed by atoms with E-state index in [0.717, 1.165) is 12.1 Å². The molecule has 8 heteroatoms. The van der Waals surface area contributed by atoms with Crippen LogP contribution < -0.4 is 0 Å². The van der Waals surface area contributed by atoms with Crippen molar-refractivity contribution in [1.29, 1.82) is 0 Å². The van der Waals surface area contributed by atoms with Gasteiger partial charge in [-0.3, -0.25) is 4.98 Å². The number of hydrogen-bond acceptors (Lipinski definition) is 3. The van der Waals surface area contributed by atoms with Gasteiger partial charge < -0.3 is 9.84 Å². The minimum absolute atomic E-state index is 0.404. The maximum Gasteiger partial charge on any atom is 0.416 e. The Morgan fingerprint density at radius 1 is 0.919 bits per heavy atom. The number of aromatic nitrogens is 1. The molecule has 4 aromatic rings. The van der Waals surface area contributed by atoms with Gasteiger partial charge in [-0.05, 0) is 86.3 Å². The first-order valence-electron chi connectivity index (χ1n) is 11.5. The fourth-order valence-corrected chi connectivity index (χ4v) is 4.39. The van der Waals surface area contributed by atoms with E-state index in [1.807, 2.05) is 6.07 Å². The maximum absolute atomic E-state index is 13.1. The summed E-state index contributed by atoms with van der Waals surface area (Å²) in [4.78, 5) is 17.1. The van der Waals surface area contributed by atoms with Crippen molar-refractivity contribution in [2.45, 2.75) is 45.6 Å². The highest BCUT2D eigenvalue weighted by Crippen LogP contribution is 2.41. The minimum atomic E-state index is -4.43. The number of aliphatic carboxylic acids is 1. The Hall–Kier alpha value is -3.42. The minimum Gasteiger partial charge on any atom is -0.479 e. The van der Waals surface area contributed by atoms with Gasteiger partial charge in [-0.15, -0.1) is 0 Å². The van der Waals surface area contributed by atoms with Crippen LogP contribution in [0.25, 0.3) is 33.2 Å². The summed E-state index contributed by atoms with van der Waals surface area (Å²) in [7, 11) is 0. The molecule has 0 aliphatic rings. The lowest BCUT2D eigenvalue weighted by atomic mass is 9.89. The average Bonchev–Trinajstić information content (AvgIpc) is 2.81. The molecule has 3 aromatic carbocycles. The van der Waals surface area contributed by atoms with Crippen molar-refractivity contribution >= 4 is 28.5 Å². The van der Waals surface area contributed by atoms with Crippen molar-refractivity contribution in [3.05, 3.63) is 88.6 Å². The van der Waals surface area contributed by atoms with Gasteiger partial charge in [-0.1, -0.05) is 41.9 Å². The first-order valence-corrected chi connectivity index (χ1v) is 11.9. The number of carboxylic acid groups (broad SMARTS) is 1. The fraction of sp³-hybridized carbons (Fsp3) is 0.241. The number of carboxylic acids is 1. The standard InChI is InChI=1S/C29H25ClF3NO3/c1-16-24(26(27(35)36)37-28(2,3)4)25(18-7-12-21(30)13-8-18)22-15-19(9-14-23(22)34-16)17-5-10-20(11-6-17)29(31,32)33/h5-15,26H,1-4H3,(H,35,36). The predicted molar refractivity (Wildman–Crippen MR) is 139 cm³/mol. The number of pyridine rings is 1. The molecule has 4 rings (SSSR count). The Morgan fingerprint density at radius 2 is 1.49 bits per heavy atom. The fourth-order valence-electron chi connectivity index (χ4n) is 4.27. The Kier molecular flexibility index (Phi) is 7.06. The normalized spacial score (nSPS) is 13.1. The molecule has 4 nitrogen and oxygen atoms in total. The number of fused-ring (bicyclic) bond motifs is 1. The summed E-state index contributed by atoms with van der Waals surface area (Å²) >= 11 is 6.13. The molecule has 0 amide bonds. The Bertz CT molecular complexity index is 1460. The zero-order chi connectivity index (χ0) is 27.1. The third-order valence-electron chi connectivity index (χ3n) is 5.85. The van der Waals surface area contributed by atoms with Crippen molar-refractivity contribution in [3.63, 3.8) is 0 Å². The number of aryl methyl sites for hydroxylation is 1. The van der Waals surface area contributed by atoms with Gasteiger partial charge in [0.1, 0.15) is 0 Å². The molecule has 0 aliphatic carbocycles. The van der Waals surface area contributed by atoms with E-state index in [1.165, 1.54) is 12.1 Å². The van der Waals surface area contributed by atoms with Crippen molar-refractivity contribution < 1.29 is 27.8 Å². The van der Waals surface area contributed by atoms with E-state index in [1.54, 1.807) is 64.1 Å². The topological polar surface area (TPSA) is 59.4 Å². The summed E-state index contributed by atoms with van der Waals surface area (Å²) in [6, 6.07) is 17.3. The number of alkyl halides is 3. The number of carbonyl (C=O) groups is 1. The van der Waals surface area contributed by atoms with E-state index in [9.17, 15) is 23.1 Å². The molecule has 1 heterocycles. The molecule has 1 aromatic heterocycles. The van der Waals surface area contributed by atoms with Crippen LogP contribution in [0.15, 0.2) is 66.7 Å². The van der Waals surface area contributed by atoms with E-state index >= 15 is 0 Å². The average molecular weight is 528 g/mol. The van der Waals surface area contributed by atoms with Crippen molar-refractivity contribution in [3.8, 4) is 22.3 Å². The van der Waals surface area contributed by atoms with Crippen LogP contribution in [-0.2, 0) is 15.7 Å². The molecule has 0 spiro atoms. The van der Waals surface area contributed by atoms with E-state index in [0.29, 0.717) is 49.4 Å². The van der Waals surface area contributed by atoms with Crippen LogP contribution in [0.2, 0.25) is 5.02 Å². The molecule has 0 fully saturated rings. The van der Waals surface area contributed by atoms with E-state index in [2.05, 4.69) is 4.98 Å². The molecule has 1 unspecified atom stereocenters. The van der Waals surface area contributed by atoms with Crippen LogP contribution in [-0.4, -0.2) is 21.7 Å². The van der Waals surface area contributed by atoms with Gasteiger partial charge in [0.15, 0.2) is 6.10 Å². The quantitative estimate of drug-likeness (QED) is 0.283. The molecule has 1 N–H and O–H groups in total. The maximum atomic E-state index is 13.1. The predicted octanol–water partition coefficient (Wildman–Crippen LogP) is 8.49. The van der Waals surface area contributed by atoms with Crippen LogP contribution >= 0.6 is 11.6 Å². The van der Waals surface area contributed by atoms with Crippen molar-refractivity contribution in [2.75, 3.05) is 0 Å². The third-order valence-corrected chi connectivity index (χ3v) is 6.10. The number of ether oxygens (including phenoxy) is 1. The van der Waals surface area contributed by atoms with Crippen LogP contribution in [0.5, 0.6) is 0 Å². The number of benzene rings is 3. The third kappa shape index (κ3) is 5.78. The second-order valence-electron chi connectivity index (χ2n) is 9.75. The van der Waals surface area contributed by atoms with Crippen molar-refractivity contribution in [1.82, 2.24) is 4.98 Å². The van der Waals surface area contributed by atoms with Gasteiger partial charge in [0, 0.05) is 21.7 Å². The molecular weight excluding hydrogens is 503 g/mol. The molecule has 0 saturated carbocycles. The monoisotopic (exact) mass is 527 g/mol. The SMILES string of the molecule is Cc1nc2ccc(-c3ccc(C(F)(F)F)cc3)cc2c(-c2ccc(Cl)cc2)c1C(OC(C)(C)C)C(=O)O. The van der Waals surface area contributed by atoms with Gasteiger partial charge in [-0.2, -0.15) is 13.2 Å². The molecular formula is C29H25ClF3NO3. The molecule has 0 bridgehead atoms. The van der Waals surface area contributed by atoms with Crippen LogP contribution in [0, 0.1) is 6.92 Å². The highest BCUT2D eigenvalue weighted by Gasteiger charge is 2.32. The summed E-state index contributed by atoms with van der Waals surface area (Å²) < 4.78 is 45.2. The van der Waals surface area contributed by atoms with Crippen LogP contribution in [0.1, 0.15) is 43.7 Å². The molecule has 0 aliphatic heterocycles. The molecule has 37 heavy (non-hydrogen) atoms. The first-order chi connectivity index (χ1) is 17.2. The molecule has 1 atom stereocenters. The number of hydrogen-bond donors (Lipinski definition) is 1. The van der Waals surface area contributed by atoms with Gasteiger partial charge in [0.25, 0.3) is 0 Å². The number of nitrogens with zero attached hydrogens (tertiary/aromatic N) is 1. The molecule has 0 radical (unpaired) electrons. The second-order valence-corrected chi connectivity index (χ2v) is 10.2. The summed E-state index contributed by atoms with van der Waals surface area (Å²) in [5, 5.41) is 11.3. The lowest BCUT2D eigenvalue weighted by Crippen LogP contribution is -2.28. The summed E-state index contributed by atoms with van der Waals surface area (Å²) in [5.74, 6) is -1.16. The van der Waals surface area contributed by atoms with Crippen LogP contribution in [0.3, 0.4) is 0 Å². The van der Waals surface area contributed by atoms with E-state index in [-0.39, 0.29) is 0 Å². The zero-order valence-corrected chi connectivity index (χ0v) is 21.4. The van der Waals surface area contributed by atoms with E-state index < -0.39 is 29.4 Å². The molecule has 192 valence electrons. The van der Waals surface area contributed by atoms with Crippen LogP contribution in [0.4, 0.5) is 13.2 Å². The summed E-state index contributed by atoms with van der Waals surface area (Å²) in [6.45, 7) is 7.06. The van der Waals surface area contributed by atoms with Gasteiger partial charge in [0.05, 0.1) is 16.7 Å². The zero-order valence-electron chi connectivity index (χ0n) is 20.7. The number of rotatable bonds is 5. The lowest BCUT2D eigenvalue weighted by molar-refractivity contribution is -0.160. The van der Waals surface area contributed by atoms with E-state index in [4.69, 9.17) is 16.3 Å². The molecule has 0 saturated heterocycles. The van der Waals surface area contributed by atoms with Gasteiger partial charge in [-0.25, -0.2) is 4.79 Å².